The molecular weight excluding hydrogens is 338 g/mol. The lowest BCUT2D eigenvalue weighted by Crippen LogP contribution is -2.19. The molecule has 0 aliphatic heterocycles. The van der Waals surface area contributed by atoms with Crippen LogP contribution < -0.4 is 0 Å². The molecule has 0 radical (unpaired) electrons. The van der Waals surface area contributed by atoms with E-state index in [0.717, 1.165) is 29.8 Å². The summed E-state index contributed by atoms with van der Waals surface area (Å²) in [6.07, 6.45) is 3.64. The first-order valence-corrected chi connectivity index (χ1v) is 9.56. The van der Waals surface area contributed by atoms with Gasteiger partial charge >= 0.3 is 0 Å². The van der Waals surface area contributed by atoms with Crippen molar-refractivity contribution in [2.45, 2.75) is 30.9 Å². The number of thiophene rings is 1. The van der Waals surface area contributed by atoms with E-state index in [9.17, 15) is 0 Å². The van der Waals surface area contributed by atoms with Gasteiger partial charge in [0.2, 0.25) is 0 Å². The Morgan fingerprint density at radius 3 is 2.62 bits per heavy atom. The molecule has 0 saturated heterocycles. The number of aryl methyl sites for hydroxylation is 1. The van der Waals surface area contributed by atoms with Crippen molar-refractivity contribution in [3.05, 3.63) is 57.8 Å². The van der Waals surface area contributed by atoms with Gasteiger partial charge in [-0.25, -0.2) is 0 Å². The van der Waals surface area contributed by atoms with E-state index in [1.54, 1.807) is 11.8 Å². The SMILES string of the molecule is Cc1ccc(CN(C)Cc2nnc(SCc3ccncc3)n2C)s1. The van der Waals surface area contributed by atoms with E-state index in [2.05, 4.69) is 50.8 Å². The summed E-state index contributed by atoms with van der Waals surface area (Å²) in [5.41, 5.74) is 1.24. The number of hydrogen-bond acceptors (Lipinski definition) is 6. The molecular formula is C17H21N5S2. The lowest BCUT2D eigenvalue weighted by atomic mass is 10.3. The summed E-state index contributed by atoms with van der Waals surface area (Å²) in [5, 5.41) is 9.63. The van der Waals surface area contributed by atoms with E-state index in [-0.39, 0.29) is 0 Å². The van der Waals surface area contributed by atoms with Crippen molar-refractivity contribution in [2.24, 2.45) is 7.05 Å². The van der Waals surface area contributed by atoms with Gasteiger partial charge < -0.3 is 4.57 Å². The second kappa shape index (κ2) is 7.92. The summed E-state index contributed by atoms with van der Waals surface area (Å²) in [6.45, 7) is 3.87. The van der Waals surface area contributed by atoms with E-state index >= 15 is 0 Å². The molecule has 3 aromatic rings. The molecule has 0 fully saturated rings. The molecule has 3 heterocycles. The molecule has 3 rings (SSSR count). The predicted octanol–water partition coefficient (Wildman–Crippen LogP) is 3.50. The number of nitrogens with zero attached hydrogens (tertiary/aromatic N) is 5. The smallest absolute Gasteiger partial charge is 0.191 e. The fourth-order valence-corrected chi connectivity index (χ4v) is 4.23. The lowest BCUT2D eigenvalue weighted by molar-refractivity contribution is 0.308. The minimum atomic E-state index is 0.788. The predicted molar refractivity (Wildman–Crippen MR) is 99.0 cm³/mol. The maximum atomic E-state index is 4.36. The highest BCUT2D eigenvalue weighted by Crippen LogP contribution is 2.22. The molecule has 5 nitrogen and oxygen atoms in total. The molecule has 126 valence electrons. The highest BCUT2D eigenvalue weighted by Gasteiger charge is 2.12. The highest BCUT2D eigenvalue weighted by atomic mass is 32.2. The van der Waals surface area contributed by atoms with Crippen LogP contribution in [0.25, 0.3) is 0 Å². The third-order valence-corrected chi connectivity index (χ3v) is 5.75. The molecule has 0 atom stereocenters. The van der Waals surface area contributed by atoms with E-state index in [4.69, 9.17) is 0 Å². The number of aromatic nitrogens is 4. The molecule has 0 amide bonds. The molecule has 0 aromatic carbocycles. The zero-order chi connectivity index (χ0) is 16.9. The van der Waals surface area contributed by atoms with Crippen LogP contribution in [0, 0.1) is 6.92 Å². The van der Waals surface area contributed by atoms with Crippen LogP contribution in [-0.4, -0.2) is 31.7 Å². The van der Waals surface area contributed by atoms with Gasteiger partial charge in [0.1, 0.15) is 5.82 Å². The summed E-state index contributed by atoms with van der Waals surface area (Å²) >= 11 is 3.55. The van der Waals surface area contributed by atoms with Crippen molar-refractivity contribution in [2.75, 3.05) is 7.05 Å². The number of pyridine rings is 1. The maximum Gasteiger partial charge on any atom is 0.191 e. The van der Waals surface area contributed by atoms with Gasteiger partial charge in [0.25, 0.3) is 0 Å². The first-order valence-electron chi connectivity index (χ1n) is 7.75. The fourth-order valence-electron chi connectivity index (χ4n) is 2.37. The summed E-state index contributed by atoms with van der Waals surface area (Å²) < 4.78 is 2.09. The van der Waals surface area contributed by atoms with Crippen LogP contribution in [0.2, 0.25) is 0 Å². The fraction of sp³-hybridized carbons (Fsp3) is 0.353. The number of rotatable bonds is 7. The summed E-state index contributed by atoms with van der Waals surface area (Å²) in [6, 6.07) is 8.43. The normalized spacial score (nSPS) is 11.3. The average Bonchev–Trinajstić information content (AvgIpc) is 3.13. The van der Waals surface area contributed by atoms with Crippen LogP contribution in [0.5, 0.6) is 0 Å². The Hall–Kier alpha value is -1.70. The monoisotopic (exact) mass is 359 g/mol. The standard InChI is InChI=1S/C17H21N5S2/c1-13-4-5-15(24-13)10-21(2)11-16-19-20-17(22(16)3)23-12-14-6-8-18-9-7-14/h4-9H,10-12H2,1-3H3. The first-order chi connectivity index (χ1) is 11.6. The van der Waals surface area contributed by atoms with Crippen molar-refractivity contribution < 1.29 is 0 Å². The van der Waals surface area contributed by atoms with Crippen LogP contribution in [0.3, 0.4) is 0 Å². The van der Waals surface area contributed by atoms with E-state index < -0.39 is 0 Å². The summed E-state index contributed by atoms with van der Waals surface area (Å²) in [5.74, 6) is 1.86. The van der Waals surface area contributed by atoms with Gasteiger partial charge in [-0.3, -0.25) is 9.88 Å². The van der Waals surface area contributed by atoms with Gasteiger partial charge in [0.15, 0.2) is 5.16 Å². The van der Waals surface area contributed by atoms with Gasteiger partial charge in [-0.05, 0) is 43.8 Å². The minimum absolute atomic E-state index is 0.788. The van der Waals surface area contributed by atoms with Crippen LogP contribution in [-0.2, 0) is 25.9 Å². The van der Waals surface area contributed by atoms with Gasteiger partial charge in [-0.2, -0.15) is 0 Å². The van der Waals surface area contributed by atoms with Gasteiger partial charge in [0.05, 0.1) is 6.54 Å². The summed E-state index contributed by atoms with van der Waals surface area (Å²) in [4.78, 5) is 9.05. The molecule has 24 heavy (non-hydrogen) atoms. The van der Waals surface area contributed by atoms with Gasteiger partial charge in [-0.1, -0.05) is 11.8 Å². The molecule has 0 aliphatic rings. The third kappa shape index (κ3) is 4.43. The zero-order valence-electron chi connectivity index (χ0n) is 14.1. The van der Waals surface area contributed by atoms with Crippen molar-refractivity contribution in [1.29, 1.82) is 0 Å². The first kappa shape index (κ1) is 17.1. The molecule has 0 bridgehead atoms. The van der Waals surface area contributed by atoms with Crippen LogP contribution in [0.1, 0.15) is 21.1 Å². The Bertz CT molecular complexity index is 781. The van der Waals surface area contributed by atoms with Gasteiger partial charge in [-0.15, -0.1) is 21.5 Å². The number of hydrogen-bond donors (Lipinski definition) is 0. The Balaban J connectivity index is 1.58. The third-order valence-electron chi connectivity index (χ3n) is 3.68. The second-order valence-electron chi connectivity index (χ2n) is 5.79. The van der Waals surface area contributed by atoms with E-state index in [1.807, 2.05) is 42.9 Å². The molecule has 0 N–H and O–H groups in total. The van der Waals surface area contributed by atoms with E-state index in [0.29, 0.717) is 0 Å². The van der Waals surface area contributed by atoms with Crippen molar-refractivity contribution in [1.82, 2.24) is 24.6 Å². The second-order valence-corrected chi connectivity index (χ2v) is 8.10. The molecule has 0 spiro atoms. The van der Waals surface area contributed by atoms with Crippen molar-refractivity contribution in [3.63, 3.8) is 0 Å². The van der Waals surface area contributed by atoms with Crippen LogP contribution >= 0.6 is 23.1 Å². The number of thioether (sulfide) groups is 1. The molecule has 0 saturated carbocycles. The molecule has 7 heteroatoms. The quantitative estimate of drug-likeness (QED) is 0.604. The average molecular weight is 360 g/mol. The highest BCUT2D eigenvalue weighted by molar-refractivity contribution is 7.98. The zero-order valence-corrected chi connectivity index (χ0v) is 15.8. The van der Waals surface area contributed by atoms with Gasteiger partial charge in [0, 0.05) is 41.5 Å². The molecule has 0 aliphatic carbocycles. The summed E-state index contributed by atoms with van der Waals surface area (Å²) in [7, 11) is 4.15. The Kier molecular flexibility index (Phi) is 5.65. The lowest BCUT2D eigenvalue weighted by Gasteiger charge is -2.15. The Labute approximate surface area is 150 Å². The van der Waals surface area contributed by atoms with E-state index in [1.165, 1.54) is 15.3 Å². The van der Waals surface area contributed by atoms with Crippen molar-refractivity contribution in [3.8, 4) is 0 Å². The Morgan fingerprint density at radius 1 is 1.12 bits per heavy atom. The maximum absolute atomic E-state index is 4.36. The largest absolute Gasteiger partial charge is 0.308 e. The minimum Gasteiger partial charge on any atom is -0.308 e. The molecule has 3 aromatic heterocycles. The van der Waals surface area contributed by atoms with Crippen molar-refractivity contribution >= 4 is 23.1 Å². The van der Waals surface area contributed by atoms with Crippen LogP contribution in [0.15, 0.2) is 41.8 Å². The molecule has 0 unspecified atom stereocenters. The Morgan fingerprint density at radius 2 is 1.92 bits per heavy atom. The topological polar surface area (TPSA) is 46.8 Å². The van der Waals surface area contributed by atoms with Crippen LogP contribution in [0.4, 0.5) is 0 Å².